The van der Waals surface area contributed by atoms with Crippen LogP contribution in [0.4, 0.5) is 0 Å². The summed E-state index contributed by atoms with van der Waals surface area (Å²) in [5, 5.41) is 11.1. The molecule has 2 nitrogen and oxygen atoms in total. The summed E-state index contributed by atoms with van der Waals surface area (Å²) in [6, 6.07) is 11.3. The van der Waals surface area contributed by atoms with E-state index in [4.69, 9.17) is 16.3 Å². The third kappa shape index (κ3) is 2.91. The number of aliphatic hydroxyl groups excluding tert-OH is 1. The Morgan fingerprint density at radius 3 is 2.11 bits per heavy atom. The van der Waals surface area contributed by atoms with E-state index < -0.39 is 6.10 Å². The van der Waals surface area contributed by atoms with Crippen molar-refractivity contribution in [3.63, 3.8) is 0 Å². The molecule has 0 bridgehead atoms. The van der Waals surface area contributed by atoms with Gasteiger partial charge in [0.25, 0.3) is 0 Å². The summed E-state index contributed by atoms with van der Waals surface area (Å²) < 4.78 is 5.22. The van der Waals surface area contributed by atoms with E-state index in [1.54, 1.807) is 7.11 Å². The predicted molar refractivity (Wildman–Crippen MR) is 78.0 cm³/mol. The minimum Gasteiger partial charge on any atom is -0.496 e. The number of aryl methyl sites for hydroxylation is 2. The third-order valence-electron chi connectivity index (χ3n) is 3.23. The Labute approximate surface area is 118 Å². The first-order valence-electron chi connectivity index (χ1n) is 6.11. The standard InChI is InChI=1S/C16H17ClO2/c1-10-8-12(4-6-14(10)17)16(18)13-5-7-15(19-3)11(2)9-13/h4-9,16,18H,1-3H3. The molecule has 19 heavy (non-hydrogen) atoms. The van der Waals surface area contributed by atoms with E-state index in [9.17, 15) is 5.11 Å². The average molecular weight is 277 g/mol. The van der Waals surface area contributed by atoms with Crippen molar-refractivity contribution in [1.29, 1.82) is 0 Å². The zero-order chi connectivity index (χ0) is 14.0. The molecule has 1 N–H and O–H groups in total. The van der Waals surface area contributed by atoms with Crippen molar-refractivity contribution in [2.24, 2.45) is 0 Å². The Balaban J connectivity index is 2.35. The van der Waals surface area contributed by atoms with E-state index in [1.165, 1.54) is 0 Å². The first-order chi connectivity index (χ1) is 9.02. The largest absolute Gasteiger partial charge is 0.496 e. The van der Waals surface area contributed by atoms with Crippen LogP contribution in [-0.4, -0.2) is 12.2 Å². The summed E-state index contributed by atoms with van der Waals surface area (Å²) in [6.07, 6.45) is -0.652. The van der Waals surface area contributed by atoms with Crippen LogP contribution < -0.4 is 4.74 Å². The van der Waals surface area contributed by atoms with Gasteiger partial charge < -0.3 is 9.84 Å². The van der Waals surface area contributed by atoms with Crippen LogP contribution in [0.1, 0.15) is 28.4 Å². The van der Waals surface area contributed by atoms with Crippen LogP contribution in [0.15, 0.2) is 36.4 Å². The number of hydrogen-bond acceptors (Lipinski definition) is 2. The van der Waals surface area contributed by atoms with E-state index >= 15 is 0 Å². The van der Waals surface area contributed by atoms with Crippen LogP contribution in [0.25, 0.3) is 0 Å². The molecule has 0 aromatic heterocycles. The van der Waals surface area contributed by atoms with E-state index in [0.717, 1.165) is 28.0 Å². The highest BCUT2D eigenvalue weighted by molar-refractivity contribution is 6.31. The molecule has 2 aromatic rings. The van der Waals surface area contributed by atoms with Crippen molar-refractivity contribution in [2.75, 3.05) is 7.11 Å². The minimum absolute atomic E-state index is 0.652. The maximum Gasteiger partial charge on any atom is 0.121 e. The second-order valence-electron chi connectivity index (χ2n) is 4.64. The van der Waals surface area contributed by atoms with Crippen LogP contribution in [0, 0.1) is 13.8 Å². The fraction of sp³-hybridized carbons (Fsp3) is 0.250. The second-order valence-corrected chi connectivity index (χ2v) is 5.05. The van der Waals surface area contributed by atoms with Crippen LogP contribution in [0.2, 0.25) is 5.02 Å². The number of methoxy groups -OCH3 is 1. The number of benzene rings is 2. The summed E-state index contributed by atoms with van der Waals surface area (Å²) in [7, 11) is 1.64. The lowest BCUT2D eigenvalue weighted by Crippen LogP contribution is -2.01. The van der Waals surface area contributed by atoms with Gasteiger partial charge in [-0.05, 0) is 54.3 Å². The van der Waals surface area contributed by atoms with E-state index in [2.05, 4.69) is 0 Å². The quantitative estimate of drug-likeness (QED) is 0.916. The van der Waals surface area contributed by atoms with Gasteiger partial charge in [0.05, 0.1) is 7.11 Å². The van der Waals surface area contributed by atoms with Crippen molar-refractivity contribution >= 4 is 11.6 Å². The second kappa shape index (κ2) is 5.64. The number of halogens is 1. The molecule has 3 heteroatoms. The summed E-state index contributed by atoms with van der Waals surface area (Å²) in [6.45, 7) is 3.89. The lowest BCUT2D eigenvalue weighted by atomic mass is 9.98. The van der Waals surface area contributed by atoms with Crippen molar-refractivity contribution in [3.05, 3.63) is 63.7 Å². The summed E-state index contributed by atoms with van der Waals surface area (Å²) >= 11 is 6.00. The molecule has 0 amide bonds. The van der Waals surface area contributed by atoms with Crippen molar-refractivity contribution < 1.29 is 9.84 Å². The molecule has 0 radical (unpaired) electrons. The molecule has 0 aliphatic heterocycles. The molecule has 0 aliphatic carbocycles. The van der Waals surface area contributed by atoms with E-state index in [0.29, 0.717) is 5.02 Å². The van der Waals surface area contributed by atoms with Gasteiger partial charge in [0.1, 0.15) is 11.9 Å². The molecular weight excluding hydrogens is 260 g/mol. The smallest absolute Gasteiger partial charge is 0.121 e. The number of aliphatic hydroxyl groups is 1. The molecule has 1 unspecified atom stereocenters. The van der Waals surface area contributed by atoms with Crippen LogP contribution >= 0.6 is 11.6 Å². The molecular formula is C16H17ClO2. The lowest BCUT2D eigenvalue weighted by Gasteiger charge is -2.14. The van der Waals surface area contributed by atoms with E-state index in [-0.39, 0.29) is 0 Å². The van der Waals surface area contributed by atoms with Crippen molar-refractivity contribution in [2.45, 2.75) is 20.0 Å². The van der Waals surface area contributed by atoms with Crippen LogP contribution in [0.3, 0.4) is 0 Å². The van der Waals surface area contributed by atoms with Gasteiger partial charge in [-0.2, -0.15) is 0 Å². The highest BCUT2D eigenvalue weighted by Crippen LogP contribution is 2.28. The molecule has 0 fully saturated rings. The molecule has 0 saturated carbocycles. The highest BCUT2D eigenvalue weighted by atomic mass is 35.5. The normalized spacial score (nSPS) is 12.3. The summed E-state index contributed by atoms with van der Waals surface area (Å²) in [4.78, 5) is 0. The van der Waals surface area contributed by atoms with Gasteiger partial charge in [0, 0.05) is 5.02 Å². The van der Waals surface area contributed by atoms with Crippen molar-refractivity contribution in [1.82, 2.24) is 0 Å². The van der Waals surface area contributed by atoms with Gasteiger partial charge in [-0.3, -0.25) is 0 Å². The monoisotopic (exact) mass is 276 g/mol. The van der Waals surface area contributed by atoms with Gasteiger partial charge in [0.15, 0.2) is 0 Å². The maximum atomic E-state index is 10.4. The first-order valence-corrected chi connectivity index (χ1v) is 6.49. The highest BCUT2D eigenvalue weighted by Gasteiger charge is 2.12. The zero-order valence-corrected chi connectivity index (χ0v) is 12.0. The molecule has 0 saturated heterocycles. The topological polar surface area (TPSA) is 29.5 Å². The molecule has 2 aromatic carbocycles. The van der Waals surface area contributed by atoms with Gasteiger partial charge >= 0.3 is 0 Å². The van der Waals surface area contributed by atoms with Gasteiger partial charge in [-0.15, -0.1) is 0 Å². The van der Waals surface area contributed by atoms with Gasteiger partial charge in [0.2, 0.25) is 0 Å². The van der Waals surface area contributed by atoms with E-state index in [1.807, 2.05) is 50.2 Å². The predicted octanol–water partition coefficient (Wildman–Crippen LogP) is 4.05. The average Bonchev–Trinajstić information content (AvgIpc) is 2.41. The van der Waals surface area contributed by atoms with Gasteiger partial charge in [-0.25, -0.2) is 0 Å². The number of ether oxygens (including phenoxy) is 1. The molecule has 1 atom stereocenters. The fourth-order valence-corrected chi connectivity index (χ4v) is 2.22. The van der Waals surface area contributed by atoms with Gasteiger partial charge in [-0.1, -0.05) is 29.8 Å². The minimum atomic E-state index is -0.652. The zero-order valence-electron chi connectivity index (χ0n) is 11.3. The lowest BCUT2D eigenvalue weighted by molar-refractivity contribution is 0.220. The number of hydrogen-bond donors (Lipinski definition) is 1. The molecule has 2 rings (SSSR count). The maximum absolute atomic E-state index is 10.4. The summed E-state index contributed by atoms with van der Waals surface area (Å²) in [5.41, 5.74) is 3.65. The molecule has 100 valence electrons. The Morgan fingerprint density at radius 1 is 1.00 bits per heavy atom. The summed E-state index contributed by atoms with van der Waals surface area (Å²) in [5.74, 6) is 0.822. The third-order valence-corrected chi connectivity index (χ3v) is 3.66. The van der Waals surface area contributed by atoms with Crippen LogP contribution in [0.5, 0.6) is 5.75 Å². The first kappa shape index (κ1) is 13.9. The Kier molecular flexibility index (Phi) is 4.13. The number of rotatable bonds is 3. The Hall–Kier alpha value is -1.51. The fourth-order valence-electron chi connectivity index (χ4n) is 2.10. The molecule has 0 heterocycles. The SMILES string of the molecule is COc1ccc(C(O)c2ccc(Cl)c(C)c2)cc1C. The molecule has 0 aliphatic rings. The Bertz CT molecular complexity index is 593. The Morgan fingerprint density at radius 2 is 1.58 bits per heavy atom. The molecule has 0 spiro atoms. The van der Waals surface area contributed by atoms with Crippen molar-refractivity contribution in [3.8, 4) is 5.75 Å². The van der Waals surface area contributed by atoms with Crippen LogP contribution in [-0.2, 0) is 0 Å².